The minimum Gasteiger partial charge on any atom is -0.510 e. The molecule has 358 valence electrons. The van der Waals surface area contributed by atoms with Gasteiger partial charge in [0.2, 0.25) is 0 Å². The molecule has 0 saturated heterocycles. The Labute approximate surface area is 438 Å². The van der Waals surface area contributed by atoms with Crippen molar-refractivity contribution >= 4 is 21.8 Å². The number of fused-ring (bicyclic) bond motifs is 3. The fraction of sp³-hybridized carbons (Fsp3) is 0.152. The summed E-state index contributed by atoms with van der Waals surface area (Å²) in [6.45, 7) is 15.9. The second kappa shape index (κ2) is 19.2. The van der Waals surface area contributed by atoms with Crippen LogP contribution in [0.5, 0.6) is 11.5 Å². The molecule has 0 amide bonds. The Balaban J connectivity index is 0.00000596. The van der Waals surface area contributed by atoms with Crippen molar-refractivity contribution in [3.8, 4) is 50.9 Å². The molecule has 3 heterocycles. The van der Waals surface area contributed by atoms with Gasteiger partial charge < -0.3 is 13.9 Å². The maximum absolute atomic E-state index is 6.93. The molecule has 3 aromatic heterocycles. The Bertz CT molecular complexity index is 3700. The fourth-order valence-corrected chi connectivity index (χ4v) is 9.89. The molecular weight excluding hydrogens is 1060 g/mol. The molecule has 11 rings (SSSR count). The summed E-state index contributed by atoms with van der Waals surface area (Å²) in [5.74, 6) is 1.96. The Morgan fingerprint density at radius 2 is 1.07 bits per heavy atom. The number of hydrogen-bond donors (Lipinski definition) is 0. The largest absolute Gasteiger partial charge is 0.510 e. The van der Waals surface area contributed by atoms with Gasteiger partial charge in [0.1, 0.15) is 5.82 Å². The van der Waals surface area contributed by atoms with E-state index >= 15 is 0 Å². The minimum absolute atomic E-state index is 0. The summed E-state index contributed by atoms with van der Waals surface area (Å²) in [4.78, 5) is 4.98. The van der Waals surface area contributed by atoms with Crippen LogP contribution in [-0.2, 0) is 37.3 Å². The van der Waals surface area contributed by atoms with E-state index in [2.05, 4.69) is 275 Å². The third-order valence-corrected chi connectivity index (χ3v) is 14.1. The molecule has 0 radical (unpaired) electrons. The molecule has 5 nitrogen and oxygen atoms in total. The normalized spacial score (nSPS) is 12.0. The van der Waals surface area contributed by atoms with Gasteiger partial charge in [-0.1, -0.05) is 200 Å². The summed E-state index contributed by atoms with van der Waals surface area (Å²) in [7, 11) is 0. The molecule has 0 atom stereocenters. The van der Waals surface area contributed by atoms with E-state index in [0.717, 1.165) is 66.9 Å². The number of nitrogens with zero attached hydrogens (tertiary/aromatic N) is 4. The predicted octanol–water partition coefficient (Wildman–Crippen LogP) is 15.7. The van der Waals surface area contributed by atoms with Crippen LogP contribution in [0, 0.1) is 18.5 Å². The zero-order chi connectivity index (χ0) is 48.9. The topological polar surface area (TPSA) is 35.9 Å². The standard InChI is InChI=1S/C66H56N4O.Pt/c1-64(2,3)62-44-68(54-37-48(46-22-12-8-13-23-46)36-53(40-54)66(6,7)51-28-18-11-19-29-51)45-69(62)55-38-49(47-24-14-9-15-25-47)39-57(42-55)71-56-32-33-59-58-30-20-21-31-60(58)70(61(59)43-56)63-41-52(34-35-67-63)65(4,5)50-26-16-10-17-27-50;/h8-41,44H,1-7H3;/q-2;. The molecule has 0 spiro atoms. The molecule has 0 unspecified atom stereocenters. The van der Waals surface area contributed by atoms with Gasteiger partial charge in [0.15, 0.2) is 0 Å². The number of hydrogen-bond acceptors (Lipinski definition) is 2. The molecule has 11 aromatic rings. The first-order valence-corrected chi connectivity index (χ1v) is 24.4. The average molecular weight is 1120 g/mol. The zero-order valence-corrected chi connectivity index (χ0v) is 44.0. The molecule has 0 saturated carbocycles. The van der Waals surface area contributed by atoms with Crippen LogP contribution in [0.25, 0.3) is 61.3 Å². The Kier molecular flexibility index (Phi) is 12.8. The molecule has 6 heteroatoms. The van der Waals surface area contributed by atoms with Gasteiger partial charge in [0.25, 0.3) is 6.33 Å². The smallest absolute Gasteiger partial charge is 0.267 e. The number of pyridine rings is 1. The number of aromatic nitrogens is 4. The predicted molar refractivity (Wildman–Crippen MR) is 289 cm³/mol. The third kappa shape index (κ3) is 9.15. The maximum Gasteiger partial charge on any atom is 0.267 e. The van der Waals surface area contributed by atoms with Crippen LogP contribution in [-0.4, -0.2) is 14.1 Å². The average Bonchev–Trinajstić information content (AvgIpc) is 4.01. The van der Waals surface area contributed by atoms with Gasteiger partial charge in [-0.25, -0.2) is 4.98 Å². The summed E-state index contributed by atoms with van der Waals surface area (Å²) >= 11 is 0. The summed E-state index contributed by atoms with van der Waals surface area (Å²) in [6, 6.07) is 78.1. The molecular formula is C66H56N4OPt-2. The van der Waals surface area contributed by atoms with E-state index in [9.17, 15) is 0 Å². The van der Waals surface area contributed by atoms with Crippen molar-refractivity contribution < 1.29 is 30.4 Å². The maximum atomic E-state index is 6.93. The first kappa shape index (κ1) is 48.1. The van der Waals surface area contributed by atoms with Crippen LogP contribution < -0.4 is 9.30 Å². The monoisotopic (exact) mass is 1120 g/mol. The van der Waals surface area contributed by atoms with Crippen molar-refractivity contribution in [2.45, 2.75) is 64.7 Å². The van der Waals surface area contributed by atoms with Crippen LogP contribution in [0.15, 0.2) is 213 Å². The first-order valence-electron chi connectivity index (χ1n) is 24.4. The minimum atomic E-state index is -0.269. The van der Waals surface area contributed by atoms with Gasteiger partial charge in [-0.05, 0) is 85.8 Å². The summed E-state index contributed by atoms with van der Waals surface area (Å²) in [5, 5.41) is 2.19. The van der Waals surface area contributed by atoms with Crippen LogP contribution in [0.2, 0.25) is 0 Å². The van der Waals surface area contributed by atoms with Crippen molar-refractivity contribution in [1.82, 2.24) is 14.1 Å². The van der Waals surface area contributed by atoms with E-state index in [0.29, 0.717) is 11.5 Å². The SMILES string of the molecule is CC(C)(C)c1c[n+](-c2cc(-c3ccccc3)cc(C(C)(C)c3ccccc3)c2)[c-]n1-c1[c-]c(Oc2[c-]c3c(cc2)c2ccccc2n3-c2cc(C(C)(C)c3ccccc3)ccn2)cc(-c2ccccc2)c1.[Pt]. The van der Waals surface area contributed by atoms with Crippen molar-refractivity contribution in [2.24, 2.45) is 0 Å². The Hall–Kier alpha value is -7.59. The second-order valence-corrected chi connectivity index (χ2v) is 20.6. The first-order chi connectivity index (χ1) is 34.3. The van der Waals surface area contributed by atoms with Crippen molar-refractivity contribution in [3.63, 3.8) is 0 Å². The molecule has 0 aliphatic heterocycles. The van der Waals surface area contributed by atoms with Crippen LogP contribution >= 0.6 is 0 Å². The number of benzene rings is 8. The van der Waals surface area contributed by atoms with Crippen molar-refractivity contribution in [3.05, 3.63) is 259 Å². The molecule has 0 fully saturated rings. The van der Waals surface area contributed by atoms with Gasteiger partial charge in [-0.2, -0.15) is 12.1 Å². The van der Waals surface area contributed by atoms with E-state index < -0.39 is 0 Å². The molecule has 0 bridgehead atoms. The number of rotatable bonds is 11. The molecule has 72 heavy (non-hydrogen) atoms. The molecule has 0 N–H and O–H groups in total. The van der Waals surface area contributed by atoms with Gasteiger partial charge in [-0.15, -0.1) is 35.2 Å². The van der Waals surface area contributed by atoms with E-state index in [-0.39, 0.29) is 37.3 Å². The number of para-hydroxylation sites is 1. The quantitative estimate of drug-likeness (QED) is 0.0956. The van der Waals surface area contributed by atoms with E-state index in [4.69, 9.17) is 9.72 Å². The van der Waals surface area contributed by atoms with Crippen LogP contribution in [0.1, 0.15) is 76.4 Å². The van der Waals surface area contributed by atoms with Gasteiger partial charge >= 0.3 is 0 Å². The van der Waals surface area contributed by atoms with Gasteiger partial charge in [0, 0.05) is 61.3 Å². The molecule has 8 aromatic carbocycles. The van der Waals surface area contributed by atoms with Crippen LogP contribution in [0.3, 0.4) is 0 Å². The van der Waals surface area contributed by atoms with Gasteiger partial charge in [-0.3, -0.25) is 4.57 Å². The van der Waals surface area contributed by atoms with Crippen molar-refractivity contribution in [1.29, 1.82) is 0 Å². The van der Waals surface area contributed by atoms with E-state index in [1.165, 1.54) is 22.3 Å². The molecule has 0 aliphatic rings. The fourth-order valence-electron chi connectivity index (χ4n) is 9.89. The zero-order valence-electron chi connectivity index (χ0n) is 41.7. The second-order valence-electron chi connectivity index (χ2n) is 20.6. The van der Waals surface area contributed by atoms with Crippen molar-refractivity contribution in [2.75, 3.05) is 0 Å². The Morgan fingerprint density at radius 1 is 0.486 bits per heavy atom. The summed E-state index contributed by atoms with van der Waals surface area (Å²) < 4.78 is 13.4. The molecule has 0 aliphatic carbocycles. The van der Waals surface area contributed by atoms with E-state index in [1.54, 1.807) is 0 Å². The third-order valence-electron chi connectivity index (χ3n) is 14.1. The van der Waals surface area contributed by atoms with Gasteiger partial charge in [0.05, 0.1) is 11.4 Å². The number of imidazole rings is 1. The van der Waals surface area contributed by atoms with E-state index in [1.807, 2.05) is 18.3 Å². The van der Waals surface area contributed by atoms with Crippen LogP contribution in [0.4, 0.5) is 0 Å². The Morgan fingerprint density at radius 3 is 1.71 bits per heavy atom. The summed E-state index contributed by atoms with van der Waals surface area (Å²) in [6.07, 6.45) is 7.94. The summed E-state index contributed by atoms with van der Waals surface area (Å²) in [5.41, 5.74) is 13.3. The number of ether oxygens (including phenoxy) is 1.